The molecular weight excluding hydrogens is 305 g/mol. The van der Waals surface area contributed by atoms with Gasteiger partial charge in [0, 0.05) is 31.0 Å². The van der Waals surface area contributed by atoms with E-state index >= 15 is 0 Å². The second kappa shape index (κ2) is 7.74. The van der Waals surface area contributed by atoms with Gasteiger partial charge in [-0.05, 0) is 24.1 Å². The molecule has 5 nitrogen and oxygen atoms in total. The van der Waals surface area contributed by atoms with E-state index in [9.17, 15) is 14.0 Å². The molecule has 0 aliphatic rings. The predicted molar refractivity (Wildman–Crippen MR) is 83.2 cm³/mol. The van der Waals surface area contributed by atoms with Crippen LogP contribution in [0.15, 0.2) is 40.4 Å². The largest absolute Gasteiger partial charge is 0.356 e. The molecule has 2 N–H and O–H groups in total. The fourth-order valence-electron chi connectivity index (χ4n) is 1.76. The lowest BCUT2D eigenvalue weighted by Crippen LogP contribution is -2.25. The molecule has 0 atom stereocenters. The molecule has 0 bridgehead atoms. The lowest BCUT2D eigenvalue weighted by Gasteiger charge is -2.04. The van der Waals surface area contributed by atoms with Crippen molar-refractivity contribution in [2.45, 2.75) is 24.3 Å². The molecule has 1 aromatic heterocycles. The molecule has 1 heterocycles. The third-order valence-electron chi connectivity index (χ3n) is 2.91. The Kier molecular flexibility index (Phi) is 5.71. The second-order valence-electron chi connectivity index (χ2n) is 4.69. The molecule has 0 aliphatic carbocycles. The summed E-state index contributed by atoms with van der Waals surface area (Å²) in [6, 6.07) is 6.19. The van der Waals surface area contributed by atoms with Gasteiger partial charge < -0.3 is 10.3 Å². The third kappa shape index (κ3) is 5.00. The summed E-state index contributed by atoms with van der Waals surface area (Å²) in [5, 5.41) is 3.14. The van der Waals surface area contributed by atoms with Crippen LogP contribution >= 0.6 is 11.8 Å². The van der Waals surface area contributed by atoms with Crippen molar-refractivity contribution in [1.29, 1.82) is 0 Å². The highest BCUT2D eigenvalue weighted by Crippen LogP contribution is 2.18. The fourth-order valence-corrected chi connectivity index (χ4v) is 2.55. The third-order valence-corrected chi connectivity index (χ3v) is 3.87. The van der Waals surface area contributed by atoms with Gasteiger partial charge in [0.2, 0.25) is 5.91 Å². The number of carbonyl (C=O) groups excluding carboxylic acids is 1. The number of aromatic nitrogens is 2. The van der Waals surface area contributed by atoms with E-state index in [4.69, 9.17) is 0 Å². The molecule has 0 fully saturated rings. The molecule has 1 aromatic carbocycles. The van der Waals surface area contributed by atoms with Gasteiger partial charge in [0.05, 0.1) is 0 Å². The number of rotatable bonds is 6. The van der Waals surface area contributed by atoms with Gasteiger partial charge in [0.15, 0.2) is 5.16 Å². The zero-order chi connectivity index (χ0) is 15.9. The molecule has 2 rings (SSSR count). The number of nitrogens with one attached hydrogen (secondary N) is 2. The minimum atomic E-state index is -0.274. The van der Waals surface area contributed by atoms with Crippen molar-refractivity contribution in [1.82, 2.24) is 15.3 Å². The average molecular weight is 321 g/mol. The van der Waals surface area contributed by atoms with Crippen LogP contribution in [0.3, 0.4) is 0 Å². The Morgan fingerprint density at radius 3 is 2.73 bits per heavy atom. The lowest BCUT2D eigenvalue weighted by molar-refractivity contribution is -0.118. The molecule has 22 heavy (non-hydrogen) atoms. The van der Waals surface area contributed by atoms with Crippen LogP contribution in [0.1, 0.15) is 18.1 Å². The number of carbonyl (C=O) groups is 1. The van der Waals surface area contributed by atoms with Crippen LogP contribution in [-0.2, 0) is 17.0 Å². The van der Waals surface area contributed by atoms with Crippen molar-refractivity contribution < 1.29 is 9.18 Å². The van der Waals surface area contributed by atoms with E-state index in [0.717, 1.165) is 5.56 Å². The van der Waals surface area contributed by atoms with Crippen molar-refractivity contribution >= 4 is 17.7 Å². The molecule has 0 saturated carbocycles. The molecule has 0 unspecified atom stereocenters. The van der Waals surface area contributed by atoms with Crippen LogP contribution in [0, 0.1) is 5.82 Å². The minimum Gasteiger partial charge on any atom is -0.356 e. The maximum atomic E-state index is 12.8. The highest BCUT2D eigenvalue weighted by atomic mass is 32.2. The zero-order valence-electron chi connectivity index (χ0n) is 12.1. The van der Waals surface area contributed by atoms with E-state index < -0.39 is 0 Å². The van der Waals surface area contributed by atoms with Crippen LogP contribution in [0.25, 0.3) is 0 Å². The Labute approximate surface area is 131 Å². The number of thioether (sulfide) groups is 1. The standard InChI is InChI=1S/C15H16FN3O2S/c1-10(20)17-7-6-12-8-18-15(19-14(12)21)22-9-11-2-4-13(16)5-3-11/h2-5,8H,6-7,9H2,1H3,(H,17,20)(H,18,19,21). The van der Waals surface area contributed by atoms with Crippen molar-refractivity contribution in [3.05, 3.63) is 57.8 Å². The molecule has 0 radical (unpaired) electrons. The summed E-state index contributed by atoms with van der Waals surface area (Å²) in [6.45, 7) is 1.83. The molecule has 116 valence electrons. The summed E-state index contributed by atoms with van der Waals surface area (Å²) in [7, 11) is 0. The summed E-state index contributed by atoms with van der Waals surface area (Å²) in [4.78, 5) is 29.6. The Hall–Kier alpha value is -2.15. The average Bonchev–Trinajstić information content (AvgIpc) is 2.48. The van der Waals surface area contributed by atoms with Crippen molar-refractivity contribution in [3.63, 3.8) is 0 Å². The fraction of sp³-hybridized carbons (Fsp3) is 0.267. The summed E-state index contributed by atoms with van der Waals surface area (Å²) in [5.41, 5.74) is 1.27. The summed E-state index contributed by atoms with van der Waals surface area (Å²) in [5.74, 6) is 0.189. The highest BCUT2D eigenvalue weighted by Gasteiger charge is 2.04. The maximum Gasteiger partial charge on any atom is 0.254 e. The molecule has 2 aromatic rings. The van der Waals surface area contributed by atoms with Crippen LogP contribution < -0.4 is 10.9 Å². The number of H-pyrrole nitrogens is 1. The van der Waals surface area contributed by atoms with Crippen LogP contribution in [-0.4, -0.2) is 22.4 Å². The van der Waals surface area contributed by atoms with E-state index in [2.05, 4.69) is 15.3 Å². The Morgan fingerprint density at radius 1 is 1.36 bits per heavy atom. The van der Waals surface area contributed by atoms with Gasteiger partial charge in [-0.3, -0.25) is 9.59 Å². The number of nitrogens with zero attached hydrogens (tertiary/aromatic N) is 1. The van der Waals surface area contributed by atoms with Crippen molar-refractivity contribution in [2.24, 2.45) is 0 Å². The lowest BCUT2D eigenvalue weighted by atomic mass is 10.2. The number of aromatic amines is 1. The number of hydrogen-bond acceptors (Lipinski definition) is 4. The van der Waals surface area contributed by atoms with Gasteiger partial charge in [-0.25, -0.2) is 9.37 Å². The van der Waals surface area contributed by atoms with Crippen molar-refractivity contribution in [2.75, 3.05) is 6.54 Å². The number of amides is 1. The Morgan fingerprint density at radius 2 is 2.09 bits per heavy atom. The topological polar surface area (TPSA) is 74.8 Å². The van der Waals surface area contributed by atoms with Crippen LogP contribution in [0.2, 0.25) is 0 Å². The highest BCUT2D eigenvalue weighted by molar-refractivity contribution is 7.98. The molecular formula is C15H16FN3O2S. The molecule has 0 saturated heterocycles. The molecule has 0 spiro atoms. The number of benzene rings is 1. The van der Waals surface area contributed by atoms with Gasteiger partial charge in [0.25, 0.3) is 5.56 Å². The number of halogens is 1. The summed E-state index contributed by atoms with van der Waals surface area (Å²) >= 11 is 1.37. The SMILES string of the molecule is CC(=O)NCCc1cnc(SCc2ccc(F)cc2)[nH]c1=O. The Balaban J connectivity index is 1.92. The smallest absolute Gasteiger partial charge is 0.254 e. The molecule has 7 heteroatoms. The van der Waals surface area contributed by atoms with Gasteiger partial charge >= 0.3 is 0 Å². The van der Waals surface area contributed by atoms with E-state index in [-0.39, 0.29) is 17.3 Å². The van der Waals surface area contributed by atoms with Gasteiger partial charge in [-0.1, -0.05) is 23.9 Å². The minimum absolute atomic E-state index is 0.129. The summed E-state index contributed by atoms with van der Waals surface area (Å²) in [6.07, 6.45) is 1.96. The normalized spacial score (nSPS) is 10.5. The number of hydrogen-bond donors (Lipinski definition) is 2. The summed E-state index contributed by atoms with van der Waals surface area (Å²) < 4.78 is 12.8. The first kappa shape index (κ1) is 16.2. The van der Waals surface area contributed by atoms with E-state index in [1.165, 1.54) is 37.0 Å². The van der Waals surface area contributed by atoms with Gasteiger partial charge in [-0.2, -0.15) is 0 Å². The van der Waals surface area contributed by atoms with E-state index in [1.807, 2.05) is 0 Å². The first-order valence-corrected chi connectivity index (χ1v) is 7.73. The molecule has 0 aliphatic heterocycles. The monoisotopic (exact) mass is 321 g/mol. The Bertz CT molecular complexity index is 701. The molecule has 1 amide bonds. The van der Waals surface area contributed by atoms with E-state index in [0.29, 0.717) is 29.4 Å². The van der Waals surface area contributed by atoms with Crippen LogP contribution in [0.4, 0.5) is 4.39 Å². The first-order valence-electron chi connectivity index (χ1n) is 6.74. The van der Waals surface area contributed by atoms with Crippen LogP contribution in [0.5, 0.6) is 0 Å². The quantitative estimate of drug-likeness (QED) is 0.629. The zero-order valence-corrected chi connectivity index (χ0v) is 12.9. The van der Waals surface area contributed by atoms with Gasteiger partial charge in [0.1, 0.15) is 5.82 Å². The van der Waals surface area contributed by atoms with Gasteiger partial charge in [-0.15, -0.1) is 0 Å². The van der Waals surface area contributed by atoms with Crippen molar-refractivity contribution in [3.8, 4) is 0 Å². The second-order valence-corrected chi connectivity index (χ2v) is 5.65. The first-order chi connectivity index (χ1) is 10.5. The van der Waals surface area contributed by atoms with E-state index in [1.54, 1.807) is 12.1 Å². The maximum absolute atomic E-state index is 12.8. The predicted octanol–water partition coefficient (Wildman–Crippen LogP) is 1.88.